The molecular weight excluding hydrogens is 246 g/mol. The van der Waals surface area contributed by atoms with Crippen LogP contribution in [0.3, 0.4) is 0 Å². The third-order valence-corrected chi connectivity index (χ3v) is 5.20. The van der Waals surface area contributed by atoms with Gasteiger partial charge in [-0.3, -0.25) is 0 Å². The highest BCUT2D eigenvalue weighted by molar-refractivity contribution is 5.47. The molecule has 2 aliphatic rings. The first-order valence-electron chi connectivity index (χ1n) is 8.22. The Bertz CT molecular complexity index is 475. The Hall–Kier alpha value is -1.02. The van der Waals surface area contributed by atoms with E-state index < -0.39 is 0 Å². The van der Waals surface area contributed by atoms with E-state index in [1.165, 1.54) is 68.1 Å². The zero-order valence-corrected chi connectivity index (χ0v) is 12.7. The fourth-order valence-corrected chi connectivity index (χ4v) is 3.95. The number of nitrogens with two attached hydrogens (primary N) is 1. The maximum absolute atomic E-state index is 6.75. The number of aryl methyl sites for hydroxylation is 2. The van der Waals surface area contributed by atoms with Gasteiger partial charge in [-0.05, 0) is 61.8 Å². The minimum Gasteiger partial charge on any atom is -0.496 e. The Balaban J connectivity index is 2.02. The van der Waals surface area contributed by atoms with Crippen molar-refractivity contribution in [3.05, 3.63) is 28.8 Å². The molecule has 0 saturated heterocycles. The van der Waals surface area contributed by atoms with Gasteiger partial charge in [-0.25, -0.2) is 0 Å². The summed E-state index contributed by atoms with van der Waals surface area (Å²) in [6.45, 7) is 0. The molecule has 0 heterocycles. The smallest absolute Gasteiger partial charge is 0.124 e. The number of hydrogen-bond donors (Lipinski definition) is 1. The van der Waals surface area contributed by atoms with E-state index in [0.717, 1.165) is 18.6 Å². The van der Waals surface area contributed by atoms with Gasteiger partial charge in [-0.2, -0.15) is 0 Å². The number of fused-ring (bicyclic) bond motifs is 1. The van der Waals surface area contributed by atoms with Crippen molar-refractivity contribution in [1.29, 1.82) is 0 Å². The van der Waals surface area contributed by atoms with Gasteiger partial charge in [-0.15, -0.1) is 0 Å². The molecule has 20 heavy (non-hydrogen) atoms. The molecule has 1 aromatic carbocycles. The topological polar surface area (TPSA) is 35.2 Å². The van der Waals surface area contributed by atoms with E-state index in [1.54, 1.807) is 7.11 Å². The summed E-state index contributed by atoms with van der Waals surface area (Å²) < 4.78 is 5.69. The van der Waals surface area contributed by atoms with Gasteiger partial charge in [-0.1, -0.05) is 25.7 Å². The molecule has 0 radical (unpaired) electrons. The van der Waals surface area contributed by atoms with E-state index >= 15 is 0 Å². The molecule has 0 unspecified atom stereocenters. The number of benzene rings is 1. The fourth-order valence-electron chi connectivity index (χ4n) is 3.95. The van der Waals surface area contributed by atoms with Crippen LogP contribution in [0, 0.1) is 0 Å². The maximum Gasteiger partial charge on any atom is 0.124 e. The van der Waals surface area contributed by atoms with Gasteiger partial charge in [0, 0.05) is 11.1 Å². The van der Waals surface area contributed by atoms with Crippen LogP contribution in [0.25, 0.3) is 0 Å². The first-order chi connectivity index (χ1) is 9.73. The largest absolute Gasteiger partial charge is 0.496 e. The first kappa shape index (κ1) is 13.9. The van der Waals surface area contributed by atoms with E-state index in [-0.39, 0.29) is 5.54 Å². The van der Waals surface area contributed by atoms with Crippen LogP contribution in [-0.4, -0.2) is 7.11 Å². The van der Waals surface area contributed by atoms with Gasteiger partial charge < -0.3 is 10.5 Å². The van der Waals surface area contributed by atoms with Crippen LogP contribution in [0.5, 0.6) is 5.75 Å². The lowest BCUT2D eigenvalue weighted by molar-refractivity contribution is 0.288. The molecule has 110 valence electrons. The molecular formula is C18H27NO. The molecule has 0 aliphatic heterocycles. The quantitative estimate of drug-likeness (QED) is 0.824. The predicted molar refractivity (Wildman–Crippen MR) is 83.2 cm³/mol. The van der Waals surface area contributed by atoms with Crippen molar-refractivity contribution in [2.45, 2.75) is 69.7 Å². The predicted octanol–water partition coefficient (Wildman–Crippen LogP) is 4.08. The fraction of sp³-hybridized carbons (Fsp3) is 0.667. The molecule has 3 rings (SSSR count). The zero-order valence-electron chi connectivity index (χ0n) is 12.7. The number of ether oxygens (including phenoxy) is 1. The van der Waals surface area contributed by atoms with Crippen molar-refractivity contribution in [3.63, 3.8) is 0 Å². The Kier molecular flexibility index (Phi) is 4.02. The summed E-state index contributed by atoms with van der Waals surface area (Å²) in [7, 11) is 1.79. The minimum absolute atomic E-state index is 0.162. The highest BCUT2D eigenvalue weighted by Gasteiger charge is 2.33. The molecule has 0 bridgehead atoms. The first-order valence-corrected chi connectivity index (χ1v) is 8.22. The SMILES string of the molecule is COc1cc2c(cc1C1(N)CCCCC1)CCCCC2. The Morgan fingerprint density at radius 3 is 2.15 bits per heavy atom. The van der Waals surface area contributed by atoms with Crippen LogP contribution in [0.4, 0.5) is 0 Å². The van der Waals surface area contributed by atoms with Crippen LogP contribution in [0.2, 0.25) is 0 Å². The monoisotopic (exact) mass is 273 g/mol. The normalized spacial score (nSPS) is 21.9. The molecule has 2 N–H and O–H groups in total. The van der Waals surface area contributed by atoms with E-state index in [2.05, 4.69) is 12.1 Å². The van der Waals surface area contributed by atoms with Gasteiger partial charge in [0.15, 0.2) is 0 Å². The molecule has 1 fully saturated rings. The molecule has 0 atom stereocenters. The molecule has 1 aromatic rings. The van der Waals surface area contributed by atoms with Crippen molar-refractivity contribution in [2.24, 2.45) is 5.73 Å². The van der Waals surface area contributed by atoms with E-state index in [1.807, 2.05) is 0 Å². The van der Waals surface area contributed by atoms with Crippen LogP contribution in [0.15, 0.2) is 12.1 Å². The summed E-state index contributed by atoms with van der Waals surface area (Å²) in [6, 6.07) is 4.66. The summed E-state index contributed by atoms with van der Waals surface area (Å²) in [4.78, 5) is 0. The maximum atomic E-state index is 6.75. The van der Waals surface area contributed by atoms with Crippen LogP contribution in [-0.2, 0) is 18.4 Å². The van der Waals surface area contributed by atoms with Gasteiger partial charge in [0.1, 0.15) is 5.75 Å². The number of hydrogen-bond acceptors (Lipinski definition) is 2. The Morgan fingerprint density at radius 1 is 0.900 bits per heavy atom. The average molecular weight is 273 g/mol. The van der Waals surface area contributed by atoms with Crippen LogP contribution < -0.4 is 10.5 Å². The van der Waals surface area contributed by atoms with Crippen molar-refractivity contribution < 1.29 is 4.74 Å². The Labute approximate surface area is 122 Å². The second-order valence-corrected chi connectivity index (χ2v) is 6.60. The molecule has 0 amide bonds. The van der Waals surface area contributed by atoms with E-state index in [9.17, 15) is 0 Å². The number of methoxy groups -OCH3 is 1. The Morgan fingerprint density at radius 2 is 1.50 bits per heavy atom. The summed E-state index contributed by atoms with van der Waals surface area (Å²) in [5.74, 6) is 1.02. The van der Waals surface area contributed by atoms with Crippen LogP contribution >= 0.6 is 0 Å². The second-order valence-electron chi connectivity index (χ2n) is 6.60. The summed E-state index contributed by atoms with van der Waals surface area (Å²) >= 11 is 0. The average Bonchev–Trinajstić information content (AvgIpc) is 2.71. The molecule has 0 aromatic heterocycles. The lowest BCUT2D eigenvalue weighted by Gasteiger charge is -2.35. The summed E-state index contributed by atoms with van der Waals surface area (Å²) in [6.07, 6.45) is 12.4. The molecule has 2 heteroatoms. The van der Waals surface area contributed by atoms with Gasteiger partial charge in [0.2, 0.25) is 0 Å². The molecule has 2 nitrogen and oxygen atoms in total. The molecule has 1 saturated carbocycles. The third-order valence-electron chi connectivity index (χ3n) is 5.20. The van der Waals surface area contributed by atoms with Crippen molar-refractivity contribution in [3.8, 4) is 5.75 Å². The van der Waals surface area contributed by atoms with Crippen molar-refractivity contribution in [2.75, 3.05) is 7.11 Å². The third kappa shape index (κ3) is 2.58. The van der Waals surface area contributed by atoms with E-state index in [4.69, 9.17) is 10.5 Å². The standard InChI is InChI=1S/C18H27NO/c1-20-17-13-15-9-5-2-4-8-14(15)12-16(17)18(19)10-6-3-7-11-18/h12-13H,2-11,19H2,1H3. The molecule has 0 spiro atoms. The summed E-state index contributed by atoms with van der Waals surface area (Å²) in [5.41, 5.74) is 10.9. The highest BCUT2D eigenvalue weighted by atomic mass is 16.5. The zero-order chi connectivity index (χ0) is 14.0. The second kappa shape index (κ2) is 5.77. The van der Waals surface area contributed by atoms with Gasteiger partial charge >= 0.3 is 0 Å². The minimum atomic E-state index is -0.162. The molecule has 2 aliphatic carbocycles. The lowest BCUT2D eigenvalue weighted by Crippen LogP contribution is -2.39. The highest BCUT2D eigenvalue weighted by Crippen LogP contribution is 2.41. The van der Waals surface area contributed by atoms with Crippen molar-refractivity contribution in [1.82, 2.24) is 0 Å². The van der Waals surface area contributed by atoms with Gasteiger partial charge in [0.25, 0.3) is 0 Å². The van der Waals surface area contributed by atoms with Crippen LogP contribution in [0.1, 0.15) is 68.1 Å². The van der Waals surface area contributed by atoms with Crippen molar-refractivity contribution >= 4 is 0 Å². The van der Waals surface area contributed by atoms with E-state index in [0.29, 0.717) is 0 Å². The van der Waals surface area contributed by atoms with Gasteiger partial charge in [0.05, 0.1) is 7.11 Å². The number of rotatable bonds is 2. The lowest BCUT2D eigenvalue weighted by atomic mass is 9.76. The summed E-state index contributed by atoms with van der Waals surface area (Å²) in [5, 5.41) is 0.